The predicted octanol–water partition coefficient (Wildman–Crippen LogP) is 3.77. The van der Waals surface area contributed by atoms with Gasteiger partial charge in [0.25, 0.3) is 5.91 Å². The number of hydrogen-bond donors (Lipinski definition) is 1. The van der Waals surface area contributed by atoms with Crippen LogP contribution in [0.3, 0.4) is 0 Å². The number of morpholine rings is 1. The summed E-state index contributed by atoms with van der Waals surface area (Å²) in [5.74, 6) is -1.57. The van der Waals surface area contributed by atoms with Gasteiger partial charge in [-0.25, -0.2) is 13.2 Å². The average Bonchev–Trinajstić information content (AvgIpc) is 2.75. The van der Waals surface area contributed by atoms with E-state index in [-0.39, 0.29) is 46.8 Å². The molecule has 0 radical (unpaired) electrons. The first-order chi connectivity index (χ1) is 15.1. The van der Waals surface area contributed by atoms with Crippen LogP contribution in [0.2, 0.25) is 15.1 Å². The largest absolute Gasteiger partial charge is 0.452 e. The van der Waals surface area contributed by atoms with Gasteiger partial charge >= 0.3 is 5.97 Å². The van der Waals surface area contributed by atoms with Crippen molar-refractivity contribution >= 4 is 62.4 Å². The van der Waals surface area contributed by atoms with Crippen molar-refractivity contribution in [3.05, 3.63) is 56.5 Å². The van der Waals surface area contributed by atoms with Crippen molar-refractivity contribution in [1.82, 2.24) is 4.31 Å². The van der Waals surface area contributed by atoms with Gasteiger partial charge in [0.1, 0.15) is 4.90 Å². The number of sulfonamides is 1. The third kappa shape index (κ3) is 5.72. The first-order valence-corrected chi connectivity index (χ1v) is 12.0. The summed E-state index contributed by atoms with van der Waals surface area (Å²) < 4.78 is 37.3. The molecule has 0 aromatic heterocycles. The molecular formula is C20H19Cl3N2O6S. The van der Waals surface area contributed by atoms with Crippen LogP contribution in [0.25, 0.3) is 0 Å². The van der Waals surface area contributed by atoms with Gasteiger partial charge in [0.15, 0.2) is 6.61 Å². The number of rotatable bonds is 6. The van der Waals surface area contributed by atoms with E-state index in [2.05, 4.69) is 5.32 Å². The maximum absolute atomic E-state index is 12.9. The molecule has 1 aliphatic heterocycles. The van der Waals surface area contributed by atoms with Crippen molar-refractivity contribution in [3.63, 3.8) is 0 Å². The maximum Gasteiger partial charge on any atom is 0.340 e. The van der Waals surface area contributed by atoms with E-state index in [0.29, 0.717) is 10.7 Å². The highest BCUT2D eigenvalue weighted by Crippen LogP contribution is 2.31. The molecule has 2 aromatic carbocycles. The second kappa shape index (κ2) is 10.4. The van der Waals surface area contributed by atoms with Crippen LogP contribution in [-0.2, 0) is 24.3 Å². The Morgan fingerprint density at radius 1 is 1.09 bits per heavy atom. The van der Waals surface area contributed by atoms with Crippen molar-refractivity contribution in [2.75, 3.05) is 38.2 Å². The Hall–Kier alpha value is -1.88. The van der Waals surface area contributed by atoms with E-state index in [0.717, 1.165) is 17.7 Å². The molecule has 3 rings (SSSR count). The highest BCUT2D eigenvalue weighted by Gasteiger charge is 2.30. The van der Waals surface area contributed by atoms with E-state index in [1.165, 1.54) is 4.31 Å². The summed E-state index contributed by atoms with van der Waals surface area (Å²) in [6.45, 7) is 1.98. The monoisotopic (exact) mass is 520 g/mol. The Bertz CT molecular complexity index is 1150. The van der Waals surface area contributed by atoms with E-state index < -0.39 is 28.5 Å². The van der Waals surface area contributed by atoms with Crippen molar-refractivity contribution in [3.8, 4) is 0 Å². The van der Waals surface area contributed by atoms with E-state index in [9.17, 15) is 18.0 Å². The molecule has 8 nitrogen and oxygen atoms in total. The van der Waals surface area contributed by atoms with Crippen LogP contribution >= 0.6 is 34.8 Å². The van der Waals surface area contributed by atoms with E-state index >= 15 is 0 Å². The zero-order valence-electron chi connectivity index (χ0n) is 16.9. The first kappa shape index (κ1) is 24.8. The topological polar surface area (TPSA) is 102 Å². The number of aryl methyl sites for hydroxylation is 1. The van der Waals surface area contributed by atoms with Crippen molar-refractivity contribution in [2.24, 2.45) is 0 Å². The lowest BCUT2D eigenvalue weighted by atomic mass is 10.2. The van der Waals surface area contributed by atoms with Crippen LogP contribution in [0.15, 0.2) is 35.2 Å². The van der Waals surface area contributed by atoms with Gasteiger partial charge in [-0.2, -0.15) is 4.31 Å². The lowest BCUT2D eigenvalue weighted by molar-refractivity contribution is -0.119. The van der Waals surface area contributed by atoms with Crippen LogP contribution in [0.4, 0.5) is 5.69 Å². The second-order valence-corrected chi connectivity index (χ2v) is 10.0. The number of esters is 1. The summed E-state index contributed by atoms with van der Waals surface area (Å²) >= 11 is 18.1. The number of nitrogens with zero attached hydrogens (tertiary/aromatic N) is 1. The molecule has 1 aliphatic rings. The number of carbonyl (C=O) groups excluding carboxylic acids is 2. The van der Waals surface area contributed by atoms with E-state index in [4.69, 9.17) is 44.3 Å². The fourth-order valence-electron chi connectivity index (χ4n) is 2.93. The summed E-state index contributed by atoms with van der Waals surface area (Å²) in [4.78, 5) is 24.4. The summed E-state index contributed by atoms with van der Waals surface area (Å²) in [6.07, 6.45) is 0. The number of benzene rings is 2. The SMILES string of the molecule is Cc1ccc(Cl)cc1NC(=O)COC(=O)c1cc(S(=O)(=O)N2CCOCC2)c(Cl)cc1Cl. The summed E-state index contributed by atoms with van der Waals surface area (Å²) in [6, 6.07) is 7.18. The van der Waals surface area contributed by atoms with Gasteiger partial charge in [-0.05, 0) is 36.8 Å². The second-order valence-electron chi connectivity index (χ2n) is 6.86. The number of hydrogen-bond acceptors (Lipinski definition) is 6. The Labute approximate surface area is 200 Å². The minimum Gasteiger partial charge on any atom is -0.452 e. The molecule has 1 fully saturated rings. The Balaban J connectivity index is 1.74. The average molecular weight is 522 g/mol. The quantitative estimate of drug-likeness (QED) is 0.581. The van der Waals surface area contributed by atoms with Crippen LogP contribution in [0, 0.1) is 6.92 Å². The summed E-state index contributed by atoms with van der Waals surface area (Å²) in [5.41, 5.74) is 1.02. The van der Waals surface area contributed by atoms with Crippen molar-refractivity contribution in [1.29, 1.82) is 0 Å². The number of amides is 1. The maximum atomic E-state index is 12.9. The Morgan fingerprint density at radius 3 is 2.47 bits per heavy atom. The minimum atomic E-state index is -3.98. The number of ether oxygens (including phenoxy) is 2. The van der Waals surface area contributed by atoms with Crippen molar-refractivity contribution < 1.29 is 27.5 Å². The number of anilines is 1. The number of nitrogens with one attached hydrogen (secondary N) is 1. The van der Waals surface area contributed by atoms with Crippen LogP contribution in [-0.4, -0.2) is 57.5 Å². The zero-order valence-corrected chi connectivity index (χ0v) is 19.9. The third-order valence-corrected chi connectivity index (χ3v) is 7.55. The van der Waals surface area contributed by atoms with Gasteiger partial charge in [-0.3, -0.25) is 4.79 Å². The minimum absolute atomic E-state index is 0.105. The number of carbonyl (C=O) groups is 2. The van der Waals surface area contributed by atoms with Gasteiger partial charge < -0.3 is 14.8 Å². The fourth-order valence-corrected chi connectivity index (χ4v) is 5.34. The Kier molecular flexibility index (Phi) is 8.02. The lowest BCUT2D eigenvalue weighted by Gasteiger charge is -2.26. The fraction of sp³-hybridized carbons (Fsp3) is 0.300. The molecule has 0 bridgehead atoms. The normalized spacial score (nSPS) is 14.8. The molecule has 1 N–H and O–H groups in total. The predicted molar refractivity (Wildman–Crippen MR) is 121 cm³/mol. The van der Waals surface area contributed by atoms with Crippen LogP contribution in [0.1, 0.15) is 15.9 Å². The molecule has 32 heavy (non-hydrogen) atoms. The van der Waals surface area contributed by atoms with Gasteiger partial charge in [-0.15, -0.1) is 0 Å². The molecule has 2 aromatic rings. The van der Waals surface area contributed by atoms with E-state index in [1.54, 1.807) is 25.1 Å². The first-order valence-electron chi connectivity index (χ1n) is 9.39. The van der Waals surface area contributed by atoms with Crippen molar-refractivity contribution in [2.45, 2.75) is 11.8 Å². The smallest absolute Gasteiger partial charge is 0.340 e. The van der Waals surface area contributed by atoms with Gasteiger partial charge in [0, 0.05) is 23.8 Å². The molecule has 0 atom stereocenters. The van der Waals surface area contributed by atoms with Crippen LogP contribution in [0.5, 0.6) is 0 Å². The molecule has 0 saturated carbocycles. The third-order valence-electron chi connectivity index (χ3n) is 4.64. The van der Waals surface area contributed by atoms with E-state index in [1.807, 2.05) is 0 Å². The van der Waals surface area contributed by atoms with Gasteiger partial charge in [-0.1, -0.05) is 40.9 Å². The molecule has 172 valence electrons. The van der Waals surface area contributed by atoms with Crippen LogP contribution < -0.4 is 5.32 Å². The van der Waals surface area contributed by atoms with Gasteiger partial charge in [0.05, 0.1) is 28.8 Å². The molecule has 12 heteroatoms. The lowest BCUT2D eigenvalue weighted by Crippen LogP contribution is -2.40. The molecule has 1 saturated heterocycles. The molecular weight excluding hydrogens is 503 g/mol. The summed E-state index contributed by atoms with van der Waals surface area (Å²) in [7, 11) is -3.98. The zero-order chi connectivity index (χ0) is 23.5. The number of halogens is 3. The van der Waals surface area contributed by atoms with Gasteiger partial charge in [0.2, 0.25) is 10.0 Å². The molecule has 0 aliphatic carbocycles. The highest BCUT2D eigenvalue weighted by atomic mass is 35.5. The molecule has 1 heterocycles. The highest BCUT2D eigenvalue weighted by molar-refractivity contribution is 7.89. The molecule has 0 unspecified atom stereocenters. The Morgan fingerprint density at radius 2 is 1.78 bits per heavy atom. The molecule has 0 spiro atoms. The standard InChI is InChI=1S/C20H19Cl3N2O6S/c1-12-2-3-13(21)8-17(12)24-19(26)11-31-20(27)14-9-18(16(23)10-15(14)22)32(28,29)25-4-6-30-7-5-25/h2-3,8-10H,4-7,11H2,1H3,(H,24,26). The summed E-state index contributed by atoms with van der Waals surface area (Å²) in [5, 5.41) is 2.79. The molecule has 1 amide bonds.